The summed E-state index contributed by atoms with van der Waals surface area (Å²) in [6.07, 6.45) is 1.05. The summed E-state index contributed by atoms with van der Waals surface area (Å²) in [5.41, 5.74) is 5.57. The van der Waals surface area contributed by atoms with Gasteiger partial charge >= 0.3 is 0 Å². The van der Waals surface area contributed by atoms with Gasteiger partial charge in [-0.15, -0.1) is 24.8 Å². The molecule has 0 aliphatic carbocycles. The molecule has 7 heteroatoms. The Morgan fingerprint density at radius 1 is 1.41 bits per heavy atom. The van der Waals surface area contributed by atoms with Crippen LogP contribution in [0.3, 0.4) is 0 Å². The Hall–Kier alpha value is -0.910. The number of carbonyl (C=O) groups excluding carboxylic acids is 1. The van der Waals surface area contributed by atoms with Crippen LogP contribution >= 0.6 is 24.8 Å². The summed E-state index contributed by atoms with van der Waals surface area (Å²) >= 11 is 0. The van der Waals surface area contributed by atoms with Gasteiger partial charge in [-0.2, -0.15) is 0 Å². The molecular weight excluding hydrogens is 268 g/mol. The second kappa shape index (κ2) is 8.22. The molecule has 0 aliphatic heterocycles. The molecule has 0 spiro atoms. The van der Waals surface area contributed by atoms with Gasteiger partial charge in [0.25, 0.3) is 0 Å². The topological polar surface area (TPSA) is 68.0 Å². The number of amides is 1. The maximum atomic E-state index is 12.5. The van der Waals surface area contributed by atoms with Crippen molar-refractivity contribution in [3.63, 3.8) is 0 Å². The molecule has 1 aromatic heterocycles. The van der Waals surface area contributed by atoms with Crippen LogP contribution in [0.15, 0.2) is 18.3 Å². The van der Waals surface area contributed by atoms with Crippen LogP contribution in [0.2, 0.25) is 0 Å². The summed E-state index contributed by atoms with van der Waals surface area (Å²) in [5, 5.41) is 2.55. The average Bonchev–Trinajstić information content (AvgIpc) is 2.20. The second-order valence-electron chi connectivity index (χ2n) is 3.50. The van der Waals surface area contributed by atoms with Gasteiger partial charge in [0.1, 0.15) is 11.6 Å². The molecule has 1 rings (SSSR count). The van der Waals surface area contributed by atoms with Gasteiger partial charge in [0.15, 0.2) is 0 Å². The van der Waals surface area contributed by atoms with E-state index in [0.29, 0.717) is 5.82 Å². The number of rotatable bonds is 3. The zero-order valence-electron chi connectivity index (χ0n) is 9.51. The van der Waals surface area contributed by atoms with Crippen LogP contribution in [0, 0.1) is 11.7 Å². The molecule has 0 radical (unpaired) electrons. The number of nitrogens with zero attached hydrogens (tertiary/aromatic N) is 1. The number of halogens is 3. The third-order valence-corrected chi connectivity index (χ3v) is 2.18. The van der Waals surface area contributed by atoms with E-state index in [2.05, 4.69) is 10.3 Å². The first-order valence-electron chi connectivity index (χ1n) is 4.68. The van der Waals surface area contributed by atoms with Crippen molar-refractivity contribution < 1.29 is 9.18 Å². The summed E-state index contributed by atoms with van der Waals surface area (Å²) in [6, 6.07) is 2.41. The minimum Gasteiger partial charge on any atom is -0.327 e. The fraction of sp³-hybridized carbons (Fsp3) is 0.400. The van der Waals surface area contributed by atoms with E-state index in [0.717, 1.165) is 6.20 Å². The lowest BCUT2D eigenvalue weighted by Gasteiger charge is -2.14. The zero-order chi connectivity index (χ0) is 11.4. The number of carbonyl (C=O) groups is 1. The van der Waals surface area contributed by atoms with E-state index in [4.69, 9.17) is 5.73 Å². The van der Waals surface area contributed by atoms with Crippen molar-refractivity contribution in [3.05, 3.63) is 24.1 Å². The van der Waals surface area contributed by atoms with Crippen molar-refractivity contribution in [1.29, 1.82) is 0 Å². The maximum absolute atomic E-state index is 12.5. The van der Waals surface area contributed by atoms with Crippen molar-refractivity contribution >= 4 is 36.5 Å². The largest absolute Gasteiger partial charge is 0.327 e. The highest BCUT2D eigenvalue weighted by Gasteiger charge is 2.17. The van der Waals surface area contributed by atoms with E-state index in [-0.39, 0.29) is 42.7 Å². The molecule has 1 amide bonds. The van der Waals surface area contributed by atoms with Crippen LogP contribution in [0.5, 0.6) is 0 Å². The Morgan fingerprint density at radius 3 is 2.41 bits per heavy atom. The quantitative estimate of drug-likeness (QED) is 0.891. The van der Waals surface area contributed by atoms with Crippen molar-refractivity contribution in [2.75, 3.05) is 5.32 Å². The van der Waals surface area contributed by atoms with Gasteiger partial charge in [0, 0.05) is 6.04 Å². The van der Waals surface area contributed by atoms with Crippen LogP contribution in [0.1, 0.15) is 13.8 Å². The summed E-state index contributed by atoms with van der Waals surface area (Å²) in [7, 11) is 0. The fourth-order valence-electron chi connectivity index (χ4n) is 0.929. The van der Waals surface area contributed by atoms with Crippen molar-refractivity contribution in [1.82, 2.24) is 4.98 Å². The van der Waals surface area contributed by atoms with Crippen LogP contribution in [0.25, 0.3) is 0 Å². The lowest BCUT2D eigenvalue weighted by atomic mass is 10.0. The molecule has 98 valence electrons. The molecule has 0 saturated heterocycles. The van der Waals surface area contributed by atoms with E-state index in [1.807, 2.05) is 0 Å². The average molecular weight is 284 g/mol. The first-order valence-corrected chi connectivity index (χ1v) is 4.68. The Labute approximate surface area is 112 Å². The van der Waals surface area contributed by atoms with Gasteiger partial charge in [0.05, 0.1) is 12.1 Å². The summed E-state index contributed by atoms with van der Waals surface area (Å²) < 4.78 is 12.5. The Bertz CT molecular complexity index is 346. The van der Waals surface area contributed by atoms with Crippen LogP contribution in [-0.2, 0) is 4.79 Å². The minimum absolute atomic E-state index is 0. The first kappa shape index (κ1) is 18.5. The SMILES string of the molecule is CC(N)C(C)C(=O)Nc1ccc(F)cn1.Cl.Cl. The molecule has 17 heavy (non-hydrogen) atoms. The zero-order valence-corrected chi connectivity index (χ0v) is 11.1. The van der Waals surface area contributed by atoms with E-state index in [1.54, 1.807) is 13.8 Å². The highest BCUT2D eigenvalue weighted by molar-refractivity contribution is 5.91. The number of hydrogen-bond donors (Lipinski definition) is 2. The number of aromatic nitrogens is 1. The van der Waals surface area contributed by atoms with E-state index in [1.165, 1.54) is 12.1 Å². The van der Waals surface area contributed by atoms with Gasteiger partial charge in [-0.1, -0.05) is 6.92 Å². The third-order valence-electron chi connectivity index (χ3n) is 2.18. The monoisotopic (exact) mass is 283 g/mol. The maximum Gasteiger partial charge on any atom is 0.229 e. The van der Waals surface area contributed by atoms with Crippen molar-refractivity contribution in [3.8, 4) is 0 Å². The molecule has 2 atom stereocenters. The highest BCUT2D eigenvalue weighted by atomic mass is 35.5. The summed E-state index contributed by atoms with van der Waals surface area (Å²) in [5.74, 6) is -0.636. The predicted molar refractivity (Wildman–Crippen MR) is 70.1 cm³/mol. The van der Waals surface area contributed by atoms with Gasteiger partial charge < -0.3 is 11.1 Å². The molecule has 2 unspecified atom stereocenters. The number of nitrogens with one attached hydrogen (secondary N) is 1. The number of hydrogen-bond acceptors (Lipinski definition) is 3. The molecular formula is C10H16Cl2FN3O. The Kier molecular flexibility index (Phi) is 8.92. The smallest absolute Gasteiger partial charge is 0.229 e. The predicted octanol–water partition coefficient (Wildman–Crippen LogP) is 1.99. The summed E-state index contributed by atoms with van der Waals surface area (Å²) in [6.45, 7) is 3.48. The van der Waals surface area contributed by atoms with E-state index >= 15 is 0 Å². The van der Waals surface area contributed by atoms with Gasteiger partial charge in [0.2, 0.25) is 5.91 Å². The first-order chi connectivity index (χ1) is 7.00. The van der Waals surface area contributed by atoms with Crippen LogP contribution in [0.4, 0.5) is 10.2 Å². The van der Waals surface area contributed by atoms with Gasteiger partial charge in [-0.3, -0.25) is 4.79 Å². The Morgan fingerprint density at radius 2 is 2.00 bits per heavy atom. The van der Waals surface area contributed by atoms with Gasteiger partial charge in [-0.25, -0.2) is 9.37 Å². The number of nitrogens with two attached hydrogens (primary N) is 1. The van der Waals surface area contributed by atoms with E-state index < -0.39 is 5.82 Å². The molecule has 0 saturated carbocycles. The van der Waals surface area contributed by atoms with E-state index in [9.17, 15) is 9.18 Å². The van der Waals surface area contributed by atoms with Gasteiger partial charge in [-0.05, 0) is 19.1 Å². The molecule has 4 nitrogen and oxygen atoms in total. The molecule has 1 heterocycles. The van der Waals surface area contributed by atoms with Crippen molar-refractivity contribution in [2.45, 2.75) is 19.9 Å². The molecule has 1 aromatic rings. The molecule has 0 bridgehead atoms. The number of anilines is 1. The molecule has 0 aromatic carbocycles. The molecule has 0 fully saturated rings. The third kappa shape index (κ3) is 5.81. The van der Waals surface area contributed by atoms with Crippen LogP contribution in [-0.4, -0.2) is 16.9 Å². The molecule has 0 aliphatic rings. The normalized spacial score (nSPS) is 12.7. The lowest BCUT2D eigenvalue weighted by Crippen LogP contribution is -2.34. The molecule has 3 N–H and O–H groups in total. The Balaban J connectivity index is 0. The summed E-state index contributed by atoms with van der Waals surface area (Å²) in [4.78, 5) is 15.2. The second-order valence-corrected chi connectivity index (χ2v) is 3.50. The number of pyridine rings is 1. The fourth-order valence-corrected chi connectivity index (χ4v) is 0.929. The minimum atomic E-state index is -0.437. The van der Waals surface area contributed by atoms with Crippen LogP contribution < -0.4 is 11.1 Å². The lowest BCUT2D eigenvalue weighted by molar-refractivity contribution is -0.119. The highest BCUT2D eigenvalue weighted by Crippen LogP contribution is 2.07. The van der Waals surface area contributed by atoms with Crippen molar-refractivity contribution in [2.24, 2.45) is 11.7 Å². The standard InChI is InChI=1S/C10H14FN3O.2ClH/c1-6(7(2)12)10(15)14-9-4-3-8(11)5-13-9;;/h3-7H,12H2,1-2H3,(H,13,14,15);2*1H.